The fraction of sp³-hybridized carbons (Fsp3) is 0.500. The van der Waals surface area contributed by atoms with Crippen LogP contribution in [0.5, 0.6) is 0 Å². The van der Waals surface area contributed by atoms with Crippen molar-refractivity contribution in [3.8, 4) is 0 Å². The van der Waals surface area contributed by atoms with Gasteiger partial charge in [0, 0.05) is 17.2 Å². The third-order valence-corrected chi connectivity index (χ3v) is 4.64. The molecule has 0 saturated heterocycles. The SMILES string of the molecule is Cc1ccc(S(=O)(CCN)=NC(=O)OC(C)(C)C)cc1. The Balaban J connectivity index is 3.18. The van der Waals surface area contributed by atoms with Crippen LogP contribution < -0.4 is 5.73 Å². The van der Waals surface area contributed by atoms with Crippen LogP contribution in [-0.2, 0) is 14.5 Å². The number of aryl methyl sites for hydroxylation is 1. The third-order valence-electron chi connectivity index (χ3n) is 2.40. The minimum Gasteiger partial charge on any atom is -0.442 e. The molecule has 0 bridgehead atoms. The topological polar surface area (TPSA) is 81.8 Å². The van der Waals surface area contributed by atoms with E-state index in [0.29, 0.717) is 4.90 Å². The first-order chi connectivity index (χ1) is 9.16. The lowest BCUT2D eigenvalue weighted by Crippen LogP contribution is -2.24. The molecule has 5 nitrogen and oxygen atoms in total. The maximum Gasteiger partial charge on any atom is 0.442 e. The van der Waals surface area contributed by atoms with Crippen molar-refractivity contribution in [2.75, 3.05) is 12.3 Å². The number of nitrogens with zero attached hydrogens (tertiary/aromatic N) is 1. The summed E-state index contributed by atoms with van der Waals surface area (Å²) in [4.78, 5) is 12.3. The van der Waals surface area contributed by atoms with Gasteiger partial charge in [0.25, 0.3) is 0 Å². The van der Waals surface area contributed by atoms with Gasteiger partial charge in [-0.25, -0.2) is 9.00 Å². The van der Waals surface area contributed by atoms with Crippen LogP contribution in [0.4, 0.5) is 4.79 Å². The van der Waals surface area contributed by atoms with Crippen LogP contribution in [0.3, 0.4) is 0 Å². The van der Waals surface area contributed by atoms with E-state index >= 15 is 0 Å². The second-order valence-electron chi connectivity index (χ2n) is 5.52. The highest BCUT2D eigenvalue weighted by atomic mass is 32.2. The monoisotopic (exact) mass is 298 g/mol. The van der Waals surface area contributed by atoms with E-state index < -0.39 is 21.4 Å². The van der Waals surface area contributed by atoms with E-state index in [4.69, 9.17) is 10.5 Å². The Morgan fingerprint density at radius 1 is 1.30 bits per heavy atom. The van der Waals surface area contributed by atoms with E-state index in [1.165, 1.54) is 0 Å². The maximum atomic E-state index is 12.8. The van der Waals surface area contributed by atoms with Gasteiger partial charge in [-0.3, -0.25) is 0 Å². The molecule has 0 heterocycles. The molecule has 0 aliphatic rings. The highest BCUT2D eigenvalue weighted by Gasteiger charge is 2.20. The Morgan fingerprint density at radius 2 is 1.85 bits per heavy atom. The minimum atomic E-state index is -2.88. The normalized spacial score (nSPS) is 14.4. The number of hydrogen-bond acceptors (Lipinski definition) is 4. The Morgan fingerprint density at radius 3 is 2.30 bits per heavy atom. The van der Waals surface area contributed by atoms with Crippen LogP contribution in [0.2, 0.25) is 0 Å². The van der Waals surface area contributed by atoms with Crippen molar-refractivity contribution in [2.45, 2.75) is 38.2 Å². The van der Waals surface area contributed by atoms with E-state index in [1.807, 2.05) is 19.1 Å². The Kier molecular flexibility index (Phi) is 5.30. The Labute approximate surface area is 120 Å². The number of carbonyl (C=O) groups is 1. The zero-order chi connectivity index (χ0) is 15.4. The van der Waals surface area contributed by atoms with Gasteiger partial charge >= 0.3 is 6.09 Å². The first kappa shape index (κ1) is 16.7. The summed E-state index contributed by atoms with van der Waals surface area (Å²) in [5, 5.41) is 0. The number of rotatable bonds is 3. The molecule has 0 saturated carbocycles. The number of ether oxygens (including phenoxy) is 1. The number of benzene rings is 1. The number of nitrogens with two attached hydrogens (primary N) is 1. The molecule has 2 N–H and O–H groups in total. The standard InChI is InChI=1S/C14H22N2O3S/c1-11-5-7-12(8-6-11)20(18,10-9-15)16-13(17)19-14(2,3)4/h5-8H,9-10,15H2,1-4H3. The van der Waals surface area contributed by atoms with Crippen molar-refractivity contribution in [1.29, 1.82) is 0 Å². The summed E-state index contributed by atoms with van der Waals surface area (Å²) in [6.45, 7) is 7.31. The second-order valence-corrected chi connectivity index (χ2v) is 7.86. The molecule has 112 valence electrons. The van der Waals surface area contributed by atoms with Gasteiger partial charge in [0.1, 0.15) is 5.60 Å². The van der Waals surface area contributed by atoms with E-state index in [9.17, 15) is 9.00 Å². The van der Waals surface area contributed by atoms with Crippen LogP contribution >= 0.6 is 0 Å². The molecule has 1 rings (SSSR count). The molecule has 0 aromatic heterocycles. The van der Waals surface area contributed by atoms with Crippen LogP contribution in [-0.4, -0.2) is 28.2 Å². The number of hydrogen-bond donors (Lipinski definition) is 1. The number of carbonyl (C=O) groups excluding carboxylic acids is 1. The van der Waals surface area contributed by atoms with Gasteiger partial charge in [0.2, 0.25) is 0 Å². The summed E-state index contributed by atoms with van der Waals surface area (Å²) in [6, 6.07) is 7.08. The highest BCUT2D eigenvalue weighted by molar-refractivity contribution is 7.94. The molecule has 1 atom stereocenters. The van der Waals surface area contributed by atoms with E-state index in [-0.39, 0.29) is 12.3 Å². The maximum absolute atomic E-state index is 12.8. The fourth-order valence-electron chi connectivity index (χ4n) is 1.53. The van der Waals surface area contributed by atoms with Crippen LogP contribution in [0.15, 0.2) is 33.5 Å². The molecule has 1 amide bonds. The summed E-state index contributed by atoms with van der Waals surface area (Å²) in [6.07, 6.45) is -0.823. The van der Waals surface area contributed by atoms with Gasteiger partial charge in [0.15, 0.2) is 0 Å². The smallest absolute Gasteiger partial charge is 0.442 e. The van der Waals surface area contributed by atoms with E-state index in [1.54, 1.807) is 32.9 Å². The highest BCUT2D eigenvalue weighted by Crippen LogP contribution is 2.17. The van der Waals surface area contributed by atoms with Gasteiger partial charge in [-0.1, -0.05) is 17.7 Å². The Bertz CT molecular complexity index is 579. The summed E-state index contributed by atoms with van der Waals surface area (Å²) in [5.41, 5.74) is 5.87. The largest absolute Gasteiger partial charge is 0.442 e. The lowest BCUT2D eigenvalue weighted by molar-refractivity contribution is 0.0607. The molecule has 6 heteroatoms. The first-order valence-electron chi connectivity index (χ1n) is 6.41. The van der Waals surface area contributed by atoms with Crippen molar-refractivity contribution in [3.63, 3.8) is 0 Å². The van der Waals surface area contributed by atoms with Gasteiger partial charge < -0.3 is 10.5 Å². The van der Waals surface area contributed by atoms with E-state index in [0.717, 1.165) is 5.56 Å². The van der Waals surface area contributed by atoms with Crippen LogP contribution in [0.1, 0.15) is 26.3 Å². The quantitative estimate of drug-likeness (QED) is 0.930. The first-order valence-corrected chi connectivity index (χ1v) is 8.09. The predicted octanol–water partition coefficient (Wildman–Crippen LogP) is 2.72. The lowest BCUT2D eigenvalue weighted by atomic mass is 10.2. The molecule has 0 fully saturated rings. The molecule has 0 aliphatic carbocycles. The summed E-state index contributed by atoms with van der Waals surface area (Å²) in [5.74, 6) is 0.120. The zero-order valence-electron chi connectivity index (χ0n) is 12.4. The summed E-state index contributed by atoms with van der Waals surface area (Å²) in [7, 11) is -2.88. The number of amides is 1. The van der Waals surface area contributed by atoms with Crippen LogP contribution in [0, 0.1) is 6.92 Å². The summed E-state index contributed by atoms with van der Waals surface area (Å²) < 4.78 is 21.7. The minimum absolute atomic E-state index is 0.120. The second kappa shape index (κ2) is 6.37. The molecule has 1 aromatic rings. The molecule has 0 spiro atoms. The molecular formula is C14H22N2O3S. The molecule has 20 heavy (non-hydrogen) atoms. The van der Waals surface area contributed by atoms with E-state index in [2.05, 4.69) is 4.36 Å². The van der Waals surface area contributed by atoms with Crippen molar-refractivity contribution in [2.24, 2.45) is 10.1 Å². The van der Waals surface area contributed by atoms with Crippen LogP contribution in [0.25, 0.3) is 0 Å². The zero-order valence-corrected chi connectivity index (χ0v) is 13.2. The molecule has 0 radical (unpaired) electrons. The molecular weight excluding hydrogens is 276 g/mol. The average molecular weight is 298 g/mol. The molecule has 1 aromatic carbocycles. The van der Waals surface area contributed by atoms with Crippen molar-refractivity contribution in [1.82, 2.24) is 0 Å². The Hall–Kier alpha value is -1.40. The average Bonchev–Trinajstić information content (AvgIpc) is 2.26. The third kappa shape index (κ3) is 4.94. The van der Waals surface area contributed by atoms with Crippen molar-refractivity contribution in [3.05, 3.63) is 29.8 Å². The van der Waals surface area contributed by atoms with Gasteiger partial charge in [-0.2, -0.15) is 0 Å². The summed E-state index contributed by atoms with van der Waals surface area (Å²) >= 11 is 0. The predicted molar refractivity (Wildman–Crippen MR) is 80.2 cm³/mol. The molecule has 1 unspecified atom stereocenters. The van der Waals surface area contributed by atoms with Gasteiger partial charge in [0.05, 0.1) is 9.73 Å². The lowest BCUT2D eigenvalue weighted by Gasteiger charge is -2.18. The van der Waals surface area contributed by atoms with Gasteiger partial charge in [-0.15, -0.1) is 4.36 Å². The fourth-order valence-corrected chi connectivity index (χ4v) is 3.12. The van der Waals surface area contributed by atoms with Gasteiger partial charge in [-0.05, 0) is 39.8 Å². The molecule has 0 aliphatic heterocycles. The van der Waals surface area contributed by atoms with Crippen molar-refractivity contribution < 1.29 is 13.7 Å². The van der Waals surface area contributed by atoms with Crippen molar-refractivity contribution >= 4 is 15.8 Å².